The van der Waals surface area contributed by atoms with Gasteiger partial charge in [0.2, 0.25) is 0 Å². The Hall–Kier alpha value is -3.14. The third kappa shape index (κ3) is 12.1. The Morgan fingerprint density at radius 1 is 0.467 bits per heavy atom. The third-order valence-electron chi connectivity index (χ3n) is 10.9. The average molecular weight is 860 g/mol. The van der Waals surface area contributed by atoms with E-state index < -0.39 is 22.6 Å². The Morgan fingerprint density at radius 3 is 1.05 bits per heavy atom. The van der Waals surface area contributed by atoms with Crippen LogP contribution in [-0.4, -0.2) is 18.4 Å². The number of rotatable bonds is 15. The highest BCUT2D eigenvalue weighted by Gasteiger charge is 2.55. The highest BCUT2D eigenvalue weighted by Crippen LogP contribution is 2.67. The molecule has 6 nitrogen and oxygen atoms in total. The van der Waals surface area contributed by atoms with Crippen molar-refractivity contribution in [2.75, 3.05) is 6.61 Å². The quantitative estimate of drug-likeness (QED) is 0.111. The molecule has 0 fully saturated rings. The van der Waals surface area contributed by atoms with Crippen LogP contribution in [0.15, 0.2) is 72.8 Å². The van der Waals surface area contributed by atoms with Crippen molar-refractivity contribution >= 4 is 16.5 Å². The molecule has 0 saturated carbocycles. The largest absolute Gasteiger partial charge is 0.500 e. The van der Waals surface area contributed by atoms with Gasteiger partial charge < -0.3 is 9.05 Å². The summed E-state index contributed by atoms with van der Waals surface area (Å²) >= 11 is 0. The smallest absolute Gasteiger partial charge is 0.417 e. The summed E-state index contributed by atoms with van der Waals surface area (Å²) in [6.07, 6.45) is -0.455. The van der Waals surface area contributed by atoms with E-state index in [1.54, 1.807) is 0 Å². The lowest BCUT2D eigenvalue weighted by Crippen LogP contribution is -2.31. The summed E-state index contributed by atoms with van der Waals surface area (Å²) in [4.78, 5) is 0. The first-order chi connectivity index (χ1) is 27.6. The summed E-state index contributed by atoms with van der Waals surface area (Å²) in [5, 5.41) is 0. The first kappa shape index (κ1) is 49.5. The second-order valence-electron chi connectivity index (χ2n) is 21.2. The molecule has 0 aliphatic heterocycles. The van der Waals surface area contributed by atoms with Gasteiger partial charge in [-0.25, -0.2) is 0 Å². The molecule has 0 amide bonds. The van der Waals surface area contributed by atoms with E-state index in [0.29, 0.717) is 0 Å². The highest BCUT2D eigenvalue weighted by atomic mass is 31.2. The fraction of sp³-hybridized carbons (Fsp3) is 0.538. The molecule has 8 heteroatoms. The van der Waals surface area contributed by atoms with Crippen molar-refractivity contribution in [2.24, 2.45) is 5.92 Å². The zero-order valence-corrected chi connectivity index (χ0v) is 42.5. The fourth-order valence-electron chi connectivity index (χ4n) is 6.99. The lowest BCUT2D eigenvalue weighted by atomic mass is 9.85. The van der Waals surface area contributed by atoms with Crippen LogP contribution in [-0.2, 0) is 30.7 Å². The van der Waals surface area contributed by atoms with Gasteiger partial charge in [-0.05, 0) is 91.4 Å². The second kappa shape index (κ2) is 19.1. The minimum absolute atomic E-state index is 0.0152. The normalized spacial score (nSPS) is 13.6. The van der Waals surface area contributed by atoms with E-state index >= 15 is 0 Å². The van der Waals surface area contributed by atoms with Gasteiger partial charge in [0, 0.05) is 22.3 Å². The lowest BCUT2D eigenvalue weighted by molar-refractivity contribution is 0.0713. The molecule has 0 heterocycles. The first-order valence-electron chi connectivity index (χ1n) is 21.7. The van der Waals surface area contributed by atoms with E-state index in [9.17, 15) is 0 Å². The van der Waals surface area contributed by atoms with Gasteiger partial charge in [0.25, 0.3) is 0 Å². The monoisotopic (exact) mass is 860 g/mol. The summed E-state index contributed by atoms with van der Waals surface area (Å²) in [6, 6.07) is 25.3. The van der Waals surface area contributed by atoms with Gasteiger partial charge in [-0.3, -0.25) is 13.6 Å². The molecule has 4 aromatic carbocycles. The molecule has 0 aliphatic rings. The van der Waals surface area contributed by atoms with E-state index in [1.165, 1.54) is 0 Å². The van der Waals surface area contributed by atoms with Gasteiger partial charge in [0.05, 0.1) is 6.10 Å². The first-order valence-corrected chi connectivity index (χ1v) is 24.4. The predicted molar refractivity (Wildman–Crippen MR) is 257 cm³/mol. The Kier molecular flexibility index (Phi) is 15.7. The molecule has 0 aliphatic carbocycles. The van der Waals surface area contributed by atoms with Gasteiger partial charge in [0.1, 0.15) is 18.1 Å². The second-order valence-corrected chi connectivity index (χ2v) is 25.0. The maximum atomic E-state index is 7.40. The average Bonchev–Trinajstić information content (AvgIpc) is 3.10. The zero-order chi connectivity index (χ0) is 45.2. The summed E-state index contributed by atoms with van der Waals surface area (Å²) < 4.78 is 43.3. The predicted octanol–water partition coefficient (Wildman–Crippen LogP) is 16.2. The minimum atomic E-state index is -3.26. The molecule has 0 saturated heterocycles. The van der Waals surface area contributed by atoms with Gasteiger partial charge in [0.15, 0.2) is 17.2 Å². The number of benzene rings is 4. The maximum Gasteiger partial charge on any atom is 0.500 e. The van der Waals surface area contributed by atoms with Crippen LogP contribution in [0.3, 0.4) is 0 Å². The molecule has 60 heavy (non-hydrogen) atoms. The van der Waals surface area contributed by atoms with Crippen LogP contribution >= 0.6 is 16.5 Å². The van der Waals surface area contributed by atoms with Crippen LogP contribution in [0.2, 0.25) is 0 Å². The molecular weight excluding hydrogens is 783 g/mol. The molecule has 4 aromatic rings. The van der Waals surface area contributed by atoms with Gasteiger partial charge >= 0.3 is 16.5 Å². The molecule has 0 radical (unpaired) electrons. The summed E-state index contributed by atoms with van der Waals surface area (Å²) in [5.74, 6) is 3.19. The van der Waals surface area contributed by atoms with E-state index in [2.05, 4.69) is 211 Å². The highest BCUT2D eigenvalue weighted by molar-refractivity contribution is 7.63. The topological polar surface area (TPSA) is 55.4 Å². The molecule has 330 valence electrons. The van der Waals surface area contributed by atoms with Crippen LogP contribution in [0.4, 0.5) is 0 Å². The van der Waals surface area contributed by atoms with Crippen LogP contribution in [0.25, 0.3) is 0 Å². The fourth-order valence-corrected chi connectivity index (χ4v) is 10.6. The van der Waals surface area contributed by atoms with Gasteiger partial charge in [-0.15, -0.1) is 0 Å². The molecule has 0 spiro atoms. The summed E-state index contributed by atoms with van der Waals surface area (Å²) in [6.45, 7) is 43.7. The van der Waals surface area contributed by atoms with Crippen LogP contribution in [0.1, 0.15) is 155 Å². The van der Waals surface area contributed by atoms with E-state index in [-0.39, 0.29) is 39.8 Å². The Balaban J connectivity index is 1.89. The lowest BCUT2D eigenvalue weighted by Gasteiger charge is -2.33. The SMILES string of the molecule is Cc1cccc(C(C)(C)C)c1OP(Oc1c(C)cccc1C(C)(C)C)OC(CO[P+](Oc1c(C)cccc1C(C)(C)C)(Oc1c(C)cccc1C(C)(C)C)C(C)C)C(C)C. The zero-order valence-electron chi connectivity index (χ0n) is 40.7. The standard InChI is InChI=1S/C52H77O6P2/c1-34(2)44(54-59(55-45-36(5)25-21-29-40(45)49(9,10)11)56-46-37(6)26-22-30-41(46)50(12,13)14)33-53-60(35(3)4,57-47-38(7)27-23-31-42(47)51(15,16)17)58-48-39(8)28-24-32-43(48)52(18,19)20/h21-32,34-35,44H,33H2,1-20H3/q+1. The Morgan fingerprint density at radius 2 is 0.767 bits per heavy atom. The van der Waals surface area contributed by atoms with Gasteiger partial charge in [-0.1, -0.05) is 170 Å². The van der Waals surface area contributed by atoms with Gasteiger partial charge in [-0.2, -0.15) is 4.52 Å². The van der Waals surface area contributed by atoms with E-state index in [4.69, 9.17) is 27.1 Å². The van der Waals surface area contributed by atoms with Crippen LogP contribution < -0.4 is 18.1 Å². The van der Waals surface area contributed by atoms with Crippen molar-refractivity contribution in [3.8, 4) is 23.0 Å². The van der Waals surface area contributed by atoms with Crippen molar-refractivity contribution in [3.05, 3.63) is 117 Å². The molecule has 4 rings (SSSR count). The van der Waals surface area contributed by atoms with Crippen molar-refractivity contribution < 1.29 is 27.1 Å². The molecular formula is C52H77O6P2+. The molecule has 0 bridgehead atoms. The number of hydrogen-bond donors (Lipinski definition) is 0. The van der Waals surface area contributed by atoms with E-state index in [0.717, 1.165) is 67.5 Å². The molecule has 0 aromatic heterocycles. The molecule has 0 N–H and O–H groups in total. The van der Waals surface area contributed by atoms with Crippen molar-refractivity contribution in [2.45, 2.75) is 172 Å². The van der Waals surface area contributed by atoms with Crippen molar-refractivity contribution in [1.29, 1.82) is 0 Å². The number of aryl methyl sites for hydroxylation is 4. The molecule has 1 atom stereocenters. The van der Waals surface area contributed by atoms with Crippen LogP contribution in [0, 0.1) is 33.6 Å². The van der Waals surface area contributed by atoms with Crippen LogP contribution in [0.5, 0.6) is 23.0 Å². The maximum absolute atomic E-state index is 7.40. The van der Waals surface area contributed by atoms with E-state index in [1.807, 2.05) is 0 Å². The summed E-state index contributed by atoms with van der Waals surface area (Å²) in [5.41, 5.74) is 7.59. The molecule has 1 unspecified atom stereocenters. The number of para-hydroxylation sites is 4. The minimum Gasteiger partial charge on any atom is -0.417 e. The van der Waals surface area contributed by atoms with Crippen molar-refractivity contribution in [1.82, 2.24) is 0 Å². The van der Waals surface area contributed by atoms with Crippen molar-refractivity contribution in [3.63, 3.8) is 0 Å². The number of hydrogen-bond acceptors (Lipinski definition) is 6. The third-order valence-corrected chi connectivity index (χ3v) is 14.6. The Bertz CT molecular complexity index is 1930. The summed E-state index contributed by atoms with van der Waals surface area (Å²) in [7, 11) is -5.26. The Labute approximate surface area is 367 Å².